The first-order valence-corrected chi connectivity index (χ1v) is 9.00. The molecule has 1 aliphatic rings. The zero-order chi connectivity index (χ0) is 16.4. The van der Waals surface area contributed by atoms with E-state index in [0.717, 1.165) is 41.9 Å². The van der Waals surface area contributed by atoms with Gasteiger partial charge in [-0.1, -0.05) is 18.2 Å². The summed E-state index contributed by atoms with van der Waals surface area (Å²) in [5.74, 6) is -0.738. The van der Waals surface area contributed by atoms with Crippen LogP contribution in [0.5, 0.6) is 0 Å². The predicted molar refractivity (Wildman–Crippen MR) is 88.7 cm³/mol. The summed E-state index contributed by atoms with van der Waals surface area (Å²) in [6, 6.07) is 11.1. The van der Waals surface area contributed by atoms with E-state index in [0.29, 0.717) is 5.69 Å². The first kappa shape index (κ1) is 16.0. The minimum Gasteiger partial charge on any atom is -0.316 e. The molecule has 0 aliphatic carbocycles. The third-order valence-electron chi connectivity index (χ3n) is 4.17. The molecule has 122 valence electrons. The first-order valence-electron chi connectivity index (χ1n) is 7.56. The quantitative estimate of drug-likeness (QED) is 0.937. The third kappa shape index (κ3) is 3.09. The largest absolute Gasteiger partial charge is 0.316 e. The van der Waals surface area contributed by atoms with Crippen molar-refractivity contribution >= 4 is 15.7 Å². The smallest absolute Gasteiger partial charge is 0.266 e. The molecule has 0 bridgehead atoms. The zero-order valence-corrected chi connectivity index (χ0v) is 13.7. The average Bonchev–Trinajstić information content (AvgIpc) is 2.78. The Labute approximate surface area is 136 Å². The molecular weight excluding hydrogens is 315 g/mol. The van der Waals surface area contributed by atoms with Crippen molar-refractivity contribution in [2.75, 3.05) is 24.4 Å². The molecule has 1 heterocycles. The lowest BCUT2D eigenvalue weighted by atomic mass is 10.0. The SMILES string of the molecule is CN(c1ccc2c(c1)CCNCC2)S(=O)(=O)c1ccccc1F. The van der Waals surface area contributed by atoms with Crippen LogP contribution in [-0.2, 0) is 22.9 Å². The number of sulfonamides is 1. The van der Waals surface area contributed by atoms with Crippen molar-refractivity contribution in [3.8, 4) is 0 Å². The van der Waals surface area contributed by atoms with Gasteiger partial charge in [0, 0.05) is 7.05 Å². The number of nitrogens with one attached hydrogen (secondary N) is 1. The second kappa shape index (κ2) is 6.29. The van der Waals surface area contributed by atoms with Crippen LogP contribution in [0.15, 0.2) is 47.4 Å². The Hall–Kier alpha value is -1.92. The summed E-state index contributed by atoms with van der Waals surface area (Å²) < 4.78 is 40.3. The van der Waals surface area contributed by atoms with Gasteiger partial charge in [0.2, 0.25) is 0 Å². The molecule has 2 aromatic rings. The van der Waals surface area contributed by atoms with Gasteiger partial charge in [-0.05, 0) is 61.3 Å². The van der Waals surface area contributed by atoms with E-state index in [1.807, 2.05) is 12.1 Å². The van der Waals surface area contributed by atoms with Crippen molar-refractivity contribution in [2.45, 2.75) is 17.7 Å². The molecule has 0 saturated heterocycles. The number of anilines is 1. The average molecular weight is 334 g/mol. The van der Waals surface area contributed by atoms with Gasteiger partial charge >= 0.3 is 0 Å². The third-order valence-corrected chi connectivity index (χ3v) is 5.99. The van der Waals surface area contributed by atoms with E-state index in [2.05, 4.69) is 5.32 Å². The minimum atomic E-state index is -3.92. The van der Waals surface area contributed by atoms with Crippen molar-refractivity contribution in [2.24, 2.45) is 0 Å². The maximum absolute atomic E-state index is 13.9. The van der Waals surface area contributed by atoms with Crippen molar-refractivity contribution in [1.82, 2.24) is 5.32 Å². The molecule has 1 aliphatic heterocycles. The number of hydrogen-bond acceptors (Lipinski definition) is 3. The minimum absolute atomic E-state index is 0.306. The molecule has 0 unspecified atom stereocenters. The topological polar surface area (TPSA) is 49.4 Å². The monoisotopic (exact) mass is 334 g/mol. The molecule has 0 saturated carbocycles. The van der Waals surface area contributed by atoms with Gasteiger partial charge in [0.05, 0.1) is 5.69 Å². The highest BCUT2D eigenvalue weighted by molar-refractivity contribution is 7.92. The number of nitrogens with zero attached hydrogens (tertiary/aromatic N) is 1. The molecule has 0 aromatic heterocycles. The summed E-state index contributed by atoms with van der Waals surface area (Å²) >= 11 is 0. The fourth-order valence-electron chi connectivity index (χ4n) is 2.80. The molecule has 23 heavy (non-hydrogen) atoms. The first-order chi connectivity index (χ1) is 11.0. The molecule has 2 aromatic carbocycles. The van der Waals surface area contributed by atoms with Crippen LogP contribution in [0.4, 0.5) is 10.1 Å². The van der Waals surface area contributed by atoms with Crippen LogP contribution < -0.4 is 9.62 Å². The Kier molecular flexibility index (Phi) is 4.37. The number of benzene rings is 2. The van der Waals surface area contributed by atoms with Gasteiger partial charge in [0.15, 0.2) is 0 Å². The normalized spacial score (nSPS) is 14.9. The summed E-state index contributed by atoms with van der Waals surface area (Å²) in [6.07, 6.45) is 1.79. The zero-order valence-electron chi connectivity index (χ0n) is 12.9. The van der Waals surface area contributed by atoms with Crippen LogP contribution in [-0.4, -0.2) is 28.6 Å². The van der Waals surface area contributed by atoms with Crippen molar-refractivity contribution < 1.29 is 12.8 Å². The van der Waals surface area contributed by atoms with Gasteiger partial charge < -0.3 is 5.32 Å². The van der Waals surface area contributed by atoms with Crippen LogP contribution in [0.1, 0.15) is 11.1 Å². The van der Waals surface area contributed by atoms with Crippen LogP contribution in [0, 0.1) is 5.82 Å². The fraction of sp³-hybridized carbons (Fsp3) is 0.294. The fourth-order valence-corrected chi connectivity index (χ4v) is 4.05. The maximum atomic E-state index is 13.9. The van der Waals surface area contributed by atoms with E-state index in [1.54, 1.807) is 6.07 Å². The van der Waals surface area contributed by atoms with Gasteiger partial charge in [-0.25, -0.2) is 12.8 Å². The van der Waals surface area contributed by atoms with Crippen LogP contribution in [0.25, 0.3) is 0 Å². The van der Waals surface area contributed by atoms with E-state index in [4.69, 9.17) is 0 Å². The van der Waals surface area contributed by atoms with E-state index < -0.39 is 15.8 Å². The van der Waals surface area contributed by atoms with E-state index >= 15 is 0 Å². The lowest BCUT2D eigenvalue weighted by molar-refractivity contribution is 0.566. The van der Waals surface area contributed by atoms with E-state index in [9.17, 15) is 12.8 Å². The second-order valence-corrected chi connectivity index (χ2v) is 7.54. The molecular formula is C17H19FN2O2S. The van der Waals surface area contributed by atoms with Crippen LogP contribution >= 0.6 is 0 Å². The molecule has 0 fully saturated rings. The second-order valence-electron chi connectivity index (χ2n) is 5.61. The van der Waals surface area contributed by atoms with Crippen molar-refractivity contribution in [1.29, 1.82) is 0 Å². The number of rotatable bonds is 3. The number of fused-ring (bicyclic) bond motifs is 1. The van der Waals surface area contributed by atoms with Gasteiger partial charge in [0.25, 0.3) is 10.0 Å². The Balaban J connectivity index is 1.98. The molecule has 3 rings (SSSR count). The molecule has 6 heteroatoms. The summed E-state index contributed by atoms with van der Waals surface area (Å²) in [7, 11) is -2.46. The summed E-state index contributed by atoms with van der Waals surface area (Å²) in [4.78, 5) is -0.306. The maximum Gasteiger partial charge on any atom is 0.266 e. The standard InChI is InChI=1S/C17H19FN2O2S/c1-20(23(21,22)17-5-3-2-4-16(17)18)15-7-6-13-8-10-19-11-9-14(13)12-15/h2-7,12,19H,8-11H2,1H3. The Morgan fingerprint density at radius 3 is 2.48 bits per heavy atom. The Morgan fingerprint density at radius 1 is 1.04 bits per heavy atom. The molecule has 0 atom stereocenters. The van der Waals surface area contributed by atoms with E-state index in [-0.39, 0.29) is 4.90 Å². The molecule has 1 N–H and O–H groups in total. The molecule has 0 spiro atoms. The molecule has 4 nitrogen and oxygen atoms in total. The highest BCUT2D eigenvalue weighted by Gasteiger charge is 2.25. The van der Waals surface area contributed by atoms with Crippen LogP contribution in [0.3, 0.4) is 0 Å². The van der Waals surface area contributed by atoms with Crippen molar-refractivity contribution in [3.63, 3.8) is 0 Å². The Morgan fingerprint density at radius 2 is 1.74 bits per heavy atom. The van der Waals surface area contributed by atoms with Crippen LogP contribution in [0.2, 0.25) is 0 Å². The van der Waals surface area contributed by atoms with E-state index in [1.165, 1.54) is 30.8 Å². The van der Waals surface area contributed by atoms with Gasteiger partial charge in [-0.2, -0.15) is 0 Å². The highest BCUT2D eigenvalue weighted by atomic mass is 32.2. The lowest BCUT2D eigenvalue weighted by Gasteiger charge is -2.21. The predicted octanol–water partition coefficient (Wildman–Crippen LogP) is 2.34. The number of halogens is 1. The summed E-state index contributed by atoms with van der Waals surface area (Å²) in [5.41, 5.74) is 2.92. The lowest BCUT2D eigenvalue weighted by Crippen LogP contribution is -2.27. The molecule has 0 amide bonds. The summed E-state index contributed by atoms with van der Waals surface area (Å²) in [5, 5.41) is 3.32. The number of hydrogen-bond donors (Lipinski definition) is 1. The van der Waals surface area contributed by atoms with Gasteiger partial charge in [-0.15, -0.1) is 0 Å². The van der Waals surface area contributed by atoms with Crippen molar-refractivity contribution in [3.05, 3.63) is 59.4 Å². The highest BCUT2D eigenvalue weighted by Crippen LogP contribution is 2.26. The molecule has 0 radical (unpaired) electrons. The van der Waals surface area contributed by atoms with Gasteiger partial charge in [0.1, 0.15) is 10.7 Å². The Bertz CT molecular complexity index is 821. The van der Waals surface area contributed by atoms with Gasteiger partial charge in [-0.3, -0.25) is 4.31 Å². The summed E-state index contributed by atoms with van der Waals surface area (Å²) in [6.45, 7) is 1.80.